The van der Waals surface area contributed by atoms with Crippen molar-refractivity contribution in [2.24, 2.45) is 0 Å². The minimum atomic E-state index is -4.90. The second-order valence-corrected chi connectivity index (χ2v) is 11.0. The molecule has 0 unspecified atom stereocenters. The summed E-state index contributed by atoms with van der Waals surface area (Å²) >= 11 is 0. The predicted octanol–water partition coefficient (Wildman–Crippen LogP) is 3.64. The molecule has 1 atom stereocenters. The smallest absolute Gasteiger partial charge is 0.406 e. The van der Waals surface area contributed by atoms with Crippen molar-refractivity contribution >= 4 is 21.8 Å². The van der Waals surface area contributed by atoms with Crippen LogP contribution in [-0.2, 0) is 26.2 Å². The number of ether oxygens (including phenoxy) is 1. The number of nitrogens with one attached hydrogen (secondary N) is 1. The molecule has 202 valence electrons. The number of amides is 2. The standard InChI is InChI=1S/C25H30F3N3O5S/c1-17(2)20-6-4-19(5-7-20)15-29-24(33)14-21-16-30(18(3)32)12-13-31(21)37(34,35)23-10-8-22(9-11-23)36-25(26,27)28/h4-11,17,21H,12-16H2,1-3H3,(H,29,33)/t21-/m0/s1. The maximum atomic E-state index is 13.3. The molecule has 8 nitrogen and oxygen atoms in total. The molecule has 12 heteroatoms. The van der Waals surface area contributed by atoms with Gasteiger partial charge in [0.1, 0.15) is 5.75 Å². The molecule has 2 aromatic rings. The zero-order valence-electron chi connectivity index (χ0n) is 20.8. The van der Waals surface area contributed by atoms with E-state index < -0.39 is 34.1 Å². The molecule has 37 heavy (non-hydrogen) atoms. The maximum Gasteiger partial charge on any atom is 0.573 e. The third-order valence-corrected chi connectivity index (χ3v) is 8.06. The highest BCUT2D eigenvalue weighted by Crippen LogP contribution is 2.27. The van der Waals surface area contributed by atoms with Crippen molar-refractivity contribution in [3.05, 3.63) is 59.7 Å². The summed E-state index contributed by atoms with van der Waals surface area (Å²) in [6.07, 6.45) is -5.10. The molecule has 1 fully saturated rings. The first-order valence-corrected chi connectivity index (χ1v) is 13.2. The molecule has 3 rings (SSSR count). The van der Waals surface area contributed by atoms with E-state index in [4.69, 9.17) is 0 Å². The molecule has 0 saturated carbocycles. The lowest BCUT2D eigenvalue weighted by molar-refractivity contribution is -0.274. The number of nitrogens with zero attached hydrogens (tertiary/aromatic N) is 2. The summed E-state index contributed by atoms with van der Waals surface area (Å²) < 4.78 is 69.0. The Morgan fingerprint density at radius 2 is 1.68 bits per heavy atom. The minimum Gasteiger partial charge on any atom is -0.406 e. The number of sulfonamides is 1. The summed E-state index contributed by atoms with van der Waals surface area (Å²) in [5.74, 6) is -0.815. The number of carbonyl (C=O) groups is 2. The largest absolute Gasteiger partial charge is 0.573 e. The first-order valence-electron chi connectivity index (χ1n) is 11.7. The normalized spacial score (nSPS) is 17.1. The number of piperazine rings is 1. The molecule has 2 amide bonds. The van der Waals surface area contributed by atoms with E-state index in [1.54, 1.807) is 0 Å². The highest BCUT2D eigenvalue weighted by molar-refractivity contribution is 7.89. The Balaban J connectivity index is 1.73. The predicted molar refractivity (Wildman–Crippen MR) is 130 cm³/mol. The van der Waals surface area contributed by atoms with Gasteiger partial charge in [-0.15, -0.1) is 13.2 Å². The lowest BCUT2D eigenvalue weighted by atomic mass is 10.0. The molecule has 1 aliphatic heterocycles. The van der Waals surface area contributed by atoms with E-state index in [2.05, 4.69) is 23.9 Å². The summed E-state index contributed by atoms with van der Waals surface area (Å²) in [4.78, 5) is 25.9. The van der Waals surface area contributed by atoms with Gasteiger partial charge in [0.25, 0.3) is 0 Å². The van der Waals surface area contributed by atoms with Crippen LogP contribution in [0.2, 0.25) is 0 Å². The number of halogens is 3. The zero-order valence-corrected chi connectivity index (χ0v) is 21.6. The average Bonchev–Trinajstić information content (AvgIpc) is 2.82. The molecule has 0 spiro atoms. The number of carbonyl (C=O) groups excluding carboxylic acids is 2. The fourth-order valence-electron chi connectivity index (χ4n) is 4.06. The Labute approximate surface area is 214 Å². The number of rotatable bonds is 8. The van der Waals surface area contributed by atoms with Crippen molar-refractivity contribution in [2.75, 3.05) is 19.6 Å². The first-order chi connectivity index (χ1) is 17.3. The van der Waals surface area contributed by atoms with E-state index in [0.29, 0.717) is 5.92 Å². The summed E-state index contributed by atoms with van der Waals surface area (Å²) in [5, 5.41) is 2.79. The van der Waals surface area contributed by atoms with Gasteiger partial charge in [0.15, 0.2) is 0 Å². The lowest BCUT2D eigenvalue weighted by Crippen LogP contribution is -2.57. The SMILES string of the molecule is CC(=O)N1CCN(S(=O)(=O)c2ccc(OC(F)(F)F)cc2)[C@@H](CC(=O)NCc2ccc(C(C)C)cc2)C1. The van der Waals surface area contributed by atoms with Crippen molar-refractivity contribution in [1.82, 2.24) is 14.5 Å². The van der Waals surface area contributed by atoms with E-state index in [-0.39, 0.29) is 43.4 Å². The van der Waals surface area contributed by atoms with E-state index >= 15 is 0 Å². The van der Waals surface area contributed by atoms with Crippen LogP contribution in [0.3, 0.4) is 0 Å². The average molecular weight is 542 g/mol. The highest BCUT2D eigenvalue weighted by atomic mass is 32.2. The van der Waals surface area contributed by atoms with Gasteiger partial charge in [0, 0.05) is 39.5 Å². The van der Waals surface area contributed by atoms with Crippen LogP contribution in [0.25, 0.3) is 0 Å². The molecule has 2 aromatic carbocycles. The van der Waals surface area contributed by atoms with Gasteiger partial charge in [0.2, 0.25) is 21.8 Å². The van der Waals surface area contributed by atoms with Crippen molar-refractivity contribution in [1.29, 1.82) is 0 Å². The Morgan fingerprint density at radius 1 is 1.05 bits per heavy atom. The van der Waals surface area contributed by atoms with Gasteiger partial charge in [-0.2, -0.15) is 4.31 Å². The Bertz CT molecular complexity index is 1200. The van der Waals surface area contributed by atoms with Crippen LogP contribution in [0.1, 0.15) is 44.2 Å². The molecule has 1 N–H and O–H groups in total. The van der Waals surface area contributed by atoms with Crippen LogP contribution in [0, 0.1) is 0 Å². The summed E-state index contributed by atoms with van der Waals surface area (Å²) in [5.41, 5.74) is 2.05. The summed E-state index contributed by atoms with van der Waals surface area (Å²) in [7, 11) is -4.17. The number of benzene rings is 2. The third-order valence-electron chi connectivity index (χ3n) is 6.10. The third kappa shape index (κ3) is 7.68. The number of alkyl halides is 3. The van der Waals surface area contributed by atoms with Gasteiger partial charge in [0.05, 0.1) is 10.9 Å². The molecule has 0 aromatic heterocycles. The molecule has 1 heterocycles. The topological polar surface area (TPSA) is 96.0 Å². The number of hydrogen-bond donors (Lipinski definition) is 1. The highest BCUT2D eigenvalue weighted by Gasteiger charge is 2.38. The number of hydrogen-bond acceptors (Lipinski definition) is 5. The molecule has 1 saturated heterocycles. The second kappa shape index (κ2) is 11.5. The van der Waals surface area contributed by atoms with Crippen molar-refractivity contribution in [3.63, 3.8) is 0 Å². The molecular formula is C25H30F3N3O5S. The van der Waals surface area contributed by atoms with Crippen molar-refractivity contribution < 1.29 is 35.9 Å². The van der Waals surface area contributed by atoms with Gasteiger partial charge in [-0.3, -0.25) is 9.59 Å². The van der Waals surface area contributed by atoms with Crippen LogP contribution in [-0.4, -0.2) is 61.5 Å². The first kappa shape index (κ1) is 28.5. The Kier molecular flexibility index (Phi) is 8.85. The van der Waals surface area contributed by atoms with Gasteiger partial charge >= 0.3 is 6.36 Å². The lowest BCUT2D eigenvalue weighted by Gasteiger charge is -2.40. The van der Waals surface area contributed by atoms with E-state index in [1.165, 1.54) is 17.4 Å². The van der Waals surface area contributed by atoms with Gasteiger partial charge in [-0.05, 0) is 41.3 Å². The second-order valence-electron chi connectivity index (χ2n) is 9.13. The fraction of sp³-hybridized carbons (Fsp3) is 0.440. The van der Waals surface area contributed by atoms with E-state index in [1.807, 2.05) is 24.3 Å². The van der Waals surface area contributed by atoms with Gasteiger partial charge in [-0.1, -0.05) is 38.1 Å². The monoisotopic (exact) mass is 541 g/mol. The Hall–Kier alpha value is -3.12. The van der Waals surface area contributed by atoms with E-state index in [0.717, 1.165) is 34.1 Å². The van der Waals surface area contributed by atoms with Gasteiger partial charge < -0.3 is 15.0 Å². The summed E-state index contributed by atoms with van der Waals surface area (Å²) in [6.45, 7) is 5.86. The molecule has 0 radical (unpaired) electrons. The molecule has 0 bridgehead atoms. The quantitative estimate of drug-likeness (QED) is 0.551. The minimum absolute atomic E-state index is 0.0142. The van der Waals surface area contributed by atoms with Crippen molar-refractivity contribution in [2.45, 2.75) is 57.0 Å². The van der Waals surface area contributed by atoms with Crippen LogP contribution < -0.4 is 10.1 Å². The molecule has 1 aliphatic rings. The Morgan fingerprint density at radius 3 is 2.22 bits per heavy atom. The molecule has 0 aliphatic carbocycles. The maximum absolute atomic E-state index is 13.3. The van der Waals surface area contributed by atoms with Gasteiger partial charge in [-0.25, -0.2) is 8.42 Å². The van der Waals surface area contributed by atoms with E-state index in [9.17, 15) is 31.2 Å². The van der Waals surface area contributed by atoms with Crippen LogP contribution >= 0.6 is 0 Å². The molecular weight excluding hydrogens is 511 g/mol. The van der Waals surface area contributed by atoms with Crippen molar-refractivity contribution in [3.8, 4) is 5.75 Å². The van der Waals surface area contributed by atoms with Crippen LogP contribution in [0.4, 0.5) is 13.2 Å². The van der Waals surface area contributed by atoms with Crippen LogP contribution in [0.15, 0.2) is 53.4 Å². The fourth-order valence-corrected chi connectivity index (χ4v) is 5.67. The summed E-state index contributed by atoms with van der Waals surface area (Å²) in [6, 6.07) is 10.8. The van der Waals surface area contributed by atoms with Crippen LogP contribution in [0.5, 0.6) is 5.75 Å². The zero-order chi connectivity index (χ0) is 27.4.